The summed E-state index contributed by atoms with van der Waals surface area (Å²) in [6, 6.07) is 9.31. The van der Waals surface area contributed by atoms with Crippen molar-refractivity contribution < 1.29 is 17.0 Å². The number of hydrogen-bond donors (Lipinski definition) is 0. The summed E-state index contributed by atoms with van der Waals surface area (Å²) in [4.78, 5) is 0. The minimum Gasteiger partial charge on any atom is -1.00 e. The molecule has 0 aliphatic heterocycles. The van der Waals surface area contributed by atoms with Gasteiger partial charge in [0.1, 0.15) is 0 Å². The Morgan fingerprint density at radius 3 is 1.70 bits per heavy atom. The second kappa shape index (κ2) is 17.0. The van der Waals surface area contributed by atoms with Crippen LogP contribution in [0.5, 0.6) is 0 Å². The van der Waals surface area contributed by atoms with Crippen molar-refractivity contribution >= 4 is 7.26 Å². The zero-order valence-electron chi connectivity index (χ0n) is 18.7. The first kappa shape index (κ1) is 27.1. The molecular formula is C25H46BrP. The third kappa shape index (κ3) is 13.9. The fraction of sp³-hybridized carbons (Fsp3) is 0.760. The molecule has 0 saturated carbocycles. The van der Waals surface area contributed by atoms with E-state index in [1.54, 1.807) is 11.1 Å². The van der Waals surface area contributed by atoms with E-state index in [1.807, 2.05) is 0 Å². The summed E-state index contributed by atoms with van der Waals surface area (Å²) in [6.07, 6.45) is 21.1. The van der Waals surface area contributed by atoms with Crippen LogP contribution in [0.4, 0.5) is 0 Å². The SMILES string of the molecule is CCCCCCCCCCc1ccccc1C[P+](C)(C)CCCCCC.[Br-]. The molecule has 0 atom stereocenters. The van der Waals surface area contributed by atoms with Crippen molar-refractivity contribution in [2.45, 2.75) is 103 Å². The van der Waals surface area contributed by atoms with Crippen LogP contribution in [0, 0.1) is 0 Å². The van der Waals surface area contributed by atoms with Crippen LogP contribution < -0.4 is 17.0 Å². The molecule has 1 rings (SSSR count). The molecule has 0 N–H and O–H groups in total. The van der Waals surface area contributed by atoms with Gasteiger partial charge in [-0.1, -0.05) is 95.9 Å². The molecule has 1 aromatic carbocycles. The zero-order chi connectivity index (χ0) is 19.1. The van der Waals surface area contributed by atoms with Gasteiger partial charge in [-0.3, -0.25) is 0 Å². The Kier molecular flexibility index (Phi) is 17.1. The lowest BCUT2D eigenvalue weighted by Gasteiger charge is -2.20. The van der Waals surface area contributed by atoms with Crippen molar-refractivity contribution in [1.82, 2.24) is 0 Å². The highest BCUT2D eigenvalue weighted by Gasteiger charge is 2.25. The van der Waals surface area contributed by atoms with Crippen LogP contribution in [0.1, 0.15) is 102 Å². The average Bonchev–Trinajstić information content (AvgIpc) is 2.62. The van der Waals surface area contributed by atoms with Crippen molar-refractivity contribution in [3.05, 3.63) is 35.4 Å². The third-order valence-corrected chi connectivity index (χ3v) is 8.36. The number of halogens is 1. The van der Waals surface area contributed by atoms with Gasteiger partial charge in [-0.15, -0.1) is 0 Å². The van der Waals surface area contributed by atoms with Gasteiger partial charge in [0, 0.05) is 20.6 Å². The van der Waals surface area contributed by atoms with Crippen LogP contribution >= 0.6 is 7.26 Å². The molecule has 0 fully saturated rings. The summed E-state index contributed by atoms with van der Waals surface area (Å²) < 4.78 is 0. The number of rotatable bonds is 16. The van der Waals surface area contributed by atoms with Crippen molar-refractivity contribution in [3.8, 4) is 0 Å². The monoisotopic (exact) mass is 456 g/mol. The van der Waals surface area contributed by atoms with Crippen LogP contribution in [0.2, 0.25) is 0 Å². The molecule has 0 nitrogen and oxygen atoms in total. The molecule has 0 bridgehead atoms. The van der Waals surface area contributed by atoms with Gasteiger partial charge in [0.25, 0.3) is 0 Å². The van der Waals surface area contributed by atoms with Gasteiger partial charge in [0.15, 0.2) is 0 Å². The maximum absolute atomic E-state index is 2.58. The molecule has 0 unspecified atom stereocenters. The minimum atomic E-state index is -0.792. The second-order valence-electron chi connectivity index (χ2n) is 8.87. The Bertz CT molecular complexity index is 455. The van der Waals surface area contributed by atoms with Crippen LogP contribution in [-0.4, -0.2) is 19.5 Å². The largest absolute Gasteiger partial charge is 1.00 e. The van der Waals surface area contributed by atoms with Crippen molar-refractivity contribution in [2.24, 2.45) is 0 Å². The van der Waals surface area contributed by atoms with Crippen LogP contribution in [0.15, 0.2) is 24.3 Å². The molecular weight excluding hydrogens is 411 g/mol. The quantitative estimate of drug-likeness (QED) is 0.220. The summed E-state index contributed by atoms with van der Waals surface area (Å²) in [5.74, 6) is 0. The number of benzene rings is 1. The molecule has 0 heterocycles. The van der Waals surface area contributed by atoms with E-state index >= 15 is 0 Å². The fourth-order valence-electron chi connectivity index (χ4n) is 3.91. The average molecular weight is 458 g/mol. The normalized spacial score (nSPS) is 11.4. The van der Waals surface area contributed by atoms with Gasteiger partial charge >= 0.3 is 0 Å². The summed E-state index contributed by atoms with van der Waals surface area (Å²) in [5.41, 5.74) is 3.30. The summed E-state index contributed by atoms with van der Waals surface area (Å²) in [7, 11) is -0.792. The molecule has 158 valence electrons. The van der Waals surface area contributed by atoms with Crippen molar-refractivity contribution in [1.29, 1.82) is 0 Å². The molecule has 1 aromatic rings. The van der Waals surface area contributed by atoms with E-state index in [1.165, 1.54) is 95.8 Å². The van der Waals surface area contributed by atoms with E-state index < -0.39 is 7.26 Å². The standard InChI is InChI=1S/C25H46P.BrH/c1-5-7-9-11-12-13-14-15-19-24-20-16-17-21-25(24)23-26(3,4)22-18-10-8-6-2;/h16-17,20-21H,5-15,18-19,22-23H2,1-4H3;1H/q+1;/p-1. The Morgan fingerprint density at radius 1 is 0.630 bits per heavy atom. The molecule has 0 amide bonds. The summed E-state index contributed by atoms with van der Waals surface area (Å²) >= 11 is 0. The molecule has 0 aliphatic carbocycles. The highest BCUT2D eigenvalue weighted by atomic mass is 79.9. The van der Waals surface area contributed by atoms with E-state index in [4.69, 9.17) is 0 Å². The minimum absolute atomic E-state index is 0. The molecule has 0 radical (unpaired) electrons. The fourth-order valence-corrected chi connectivity index (χ4v) is 6.38. The van der Waals surface area contributed by atoms with Crippen molar-refractivity contribution in [3.63, 3.8) is 0 Å². The zero-order valence-corrected chi connectivity index (χ0v) is 21.2. The molecule has 0 aliphatic rings. The lowest BCUT2D eigenvalue weighted by atomic mass is 10.0. The van der Waals surface area contributed by atoms with Gasteiger partial charge in [-0.25, -0.2) is 0 Å². The summed E-state index contributed by atoms with van der Waals surface area (Å²) in [6.45, 7) is 9.76. The summed E-state index contributed by atoms with van der Waals surface area (Å²) in [5, 5.41) is 0. The van der Waals surface area contributed by atoms with Crippen molar-refractivity contribution in [2.75, 3.05) is 19.5 Å². The molecule has 0 spiro atoms. The second-order valence-corrected chi connectivity index (χ2v) is 13.5. The van der Waals surface area contributed by atoms with Gasteiger partial charge < -0.3 is 17.0 Å². The van der Waals surface area contributed by atoms with Gasteiger partial charge in [0.05, 0.1) is 12.3 Å². The first-order valence-electron chi connectivity index (χ1n) is 11.5. The number of aryl methyl sites for hydroxylation is 1. The number of hydrogen-bond acceptors (Lipinski definition) is 0. The highest BCUT2D eigenvalue weighted by molar-refractivity contribution is 7.73. The highest BCUT2D eigenvalue weighted by Crippen LogP contribution is 2.55. The predicted octanol–water partition coefficient (Wildman–Crippen LogP) is 5.73. The maximum Gasteiger partial charge on any atom is 0.0840 e. The van der Waals surface area contributed by atoms with Crippen LogP contribution in [-0.2, 0) is 12.6 Å². The van der Waals surface area contributed by atoms with E-state index in [2.05, 4.69) is 51.4 Å². The maximum atomic E-state index is 2.58. The topological polar surface area (TPSA) is 0 Å². The van der Waals surface area contributed by atoms with E-state index in [-0.39, 0.29) is 17.0 Å². The van der Waals surface area contributed by atoms with Crippen LogP contribution in [0.3, 0.4) is 0 Å². The molecule has 27 heavy (non-hydrogen) atoms. The first-order chi connectivity index (χ1) is 12.6. The van der Waals surface area contributed by atoms with E-state index in [0.29, 0.717) is 0 Å². The lowest BCUT2D eigenvalue weighted by molar-refractivity contribution is -0.00000593. The first-order valence-corrected chi connectivity index (χ1v) is 14.5. The van der Waals surface area contributed by atoms with E-state index in [9.17, 15) is 0 Å². The molecule has 0 aromatic heterocycles. The number of unbranched alkanes of at least 4 members (excludes halogenated alkanes) is 10. The molecule has 2 heteroatoms. The van der Waals surface area contributed by atoms with E-state index in [0.717, 1.165) is 0 Å². The van der Waals surface area contributed by atoms with Gasteiger partial charge in [-0.2, -0.15) is 0 Å². The van der Waals surface area contributed by atoms with Crippen LogP contribution in [0.25, 0.3) is 0 Å². The Labute approximate surface area is 182 Å². The Morgan fingerprint density at radius 2 is 1.11 bits per heavy atom. The predicted molar refractivity (Wildman–Crippen MR) is 124 cm³/mol. The van der Waals surface area contributed by atoms with Gasteiger partial charge in [-0.05, 0) is 36.8 Å². The third-order valence-electron chi connectivity index (χ3n) is 5.63. The Hall–Kier alpha value is 0.130. The Balaban J connectivity index is 0.00000676. The lowest BCUT2D eigenvalue weighted by Crippen LogP contribution is -3.00. The smallest absolute Gasteiger partial charge is 0.0840 e. The van der Waals surface area contributed by atoms with Gasteiger partial charge in [0.2, 0.25) is 0 Å². The molecule has 0 saturated heterocycles.